The maximum absolute atomic E-state index is 13.0. The molecule has 1 aromatic heterocycles. The van der Waals surface area contributed by atoms with E-state index in [1.54, 1.807) is 18.2 Å². The first-order valence-corrected chi connectivity index (χ1v) is 8.29. The van der Waals surface area contributed by atoms with Crippen molar-refractivity contribution in [2.24, 2.45) is 0 Å². The molecule has 1 aliphatic rings. The SMILES string of the molecule is Cc1ccc(-c2nnc(C3(O)C(=O)c4cccc5cccc3c45)o2)cc1. The van der Waals surface area contributed by atoms with E-state index in [0.717, 1.165) is 21.9 Å². The number of rotatable bonds is 2. The van der Waals surface area contributed by atoms with Gasteiger partial charge >= 0.3 is 0 Å². The first-order valence-electron chi connectivity index (χ1n) is 8.29. The lowest BCUT2D eigenvalue weighted by atomic mass is 9.94. The highest BCUT2D eigenvalue weighted by Crippen LogP contribution is 2.44. The number of aromatic nitrogens is 2. The summed E-state index contributed by atoms with van der Waals surface area (Å²) < 4.78 is 5.74. The van der Waals surface area contributed by atoms with Gasteiger partial charge in [-0.2, -0.15) is 0 Å². The van der Waals surface area contributed by atoms with Crippen molar-refractivity contribution < 1.29 is 14.3 Å². The molecule has 5 nitrogen and oxygen atoms in total. The summed E-state index contributed by atoms with van der Waals surface area (Å²) >= 11 is 0. The van der Waals surface area contributed by atoms with Gasteiger partial charge < -0.3 is 9.52 Å². The molecule has 1 atom stereocenters. The molecule has 1 unspecified atom stereocenters. The summed E-state index contributed by atoms with van der Waals surface area (Å²) in [5.74, 6) is -0.283. The lowest BCUT2D eigenvalue weighted by molar-refractivity contribution is 0.0405. The van der Waals surface area contributed by atoms with Crippen LogP contribution in [0.1, 0.15) is 27.4 Å². The summed E-state index contributed by atoms with van der Waals surface area (Å²) in [5, 5.41) is 21.0. The molecule has 0 fully saturated rings. The average molecular weight is 342 g/mol. The van der Waals surface area contributed by atoms with E-state index < -0.39 is 11.4 Å². The van der Waals surface area contributed by atoms with Crippen molar-refractivity contribution >= 4 is 16.6 Å². The predicted octanol–water partition coefficient (Wildman–Crippen LogP) is 3.63. The van der Waals surface area contributed by atoms with Gasteiger partial charge in [0.15, 0.2) is 0 Å². The van der Waals surface area contributed by atoms with Gasteiger partial charge in [0, 0.05) is 16.7 Å². The Morgan fingerprint density at radius 1 is 0.962 bits per heavy atom. The highest BCUT2D eigenvalue weighted by Gasteiger charge is 2.51. The Labute approximate surface area is 148 Å². The van der Waals surface area contributed by atoms with Crippen molar-refractivity contribution in [2.75, 3.05) is 0 Å². The molecule has 0 spiro atoms. The minimum absolute atomic E-state index is 0.109. The zero-order valence-corrected chi connectivity index (χ0v) is 13.9. The molecule has 126 valence electrons. The number of benzene rings is 3. The summed E-state index contributed by atoms with van der Waals surface area (Å²) in [4.78, 5) is 13.0. The second kappa shape index (κ2) is 5.09. The number of hydrogen-bond acceptors (Lipinski definition) is 5. The van der Waals surface area contributed by atoms with Crippen LogP contribution >= 0.6 is 0 Å². The van der Waals surface area contributed by atoms with Gasteiger partial charge in [-0.05, 0) is 29.8 Å². The molecule has 5 rings (SSSR count). The number of nitrogens with zero attached hydrogens (tertiary/aromatic N) is 2. The Bertz CT molecular complexity index is 1170. The number of ketones is 1. The van der Waals surface area contributed by atoms with E-state index in [2.05, 4.69) is 10.2 Å². The van der Waals surface area contributed by atoms with Crippen molar-refractivity contribution in [3.63, 3.8) is 0 Å². The van der Waals surface area contributed by atoms with E-state index >= 15 is 0 Å². The first-order chi connectivity index (χ1) is 12.6. The maximum atomic E-state index is 13.0. The van der Waals surface area contributed by atoms with Crippen LogP contribution in [0, 0.1) is 6.92 Å². The van der Waals surface area contributed by atoms with Gasteiger partial charge in [-0.3, -0.25) is 4.79 Å². The van der Waals surface area contributed by atoms with Crippen LogP contribution in [0.3, 0.4) is 0 Å². The molecule has 1 N–H and O–H groups in total. The predicted molar refractivity (Wildman–Crippen MR) is 95.7 cm³/mol. The van der Waals surface area contributed by atoms with Gasteiger partial charge in [0.25, 0.3) is 5.89 Å². The molecule has 0 saturated carbocycles. The van der Waals surface area contributed by atoms with Crippen molar-refractivity contribution in [1.29, 1.82) is 0 Å². The number of aryl methyl sites for hydroxylation is 1. The fourth-order valence-electron chi connectivity index (χ4n) is 3.54. The Kier molecular flexibility index (Phi) is 2.94. The first kappa shape index (κ1) is 15.0. The number of aliphatic hydroxyl groups is 1. The minimum Gasteiger partial charge on any atom is -0.417 e. The van der Waals surface area contributed by atoms with Crippen molar-refractivity contribution in [2.45, 2.75) is 12.5 Å². The molecule has 0 radical (unpaired) electrons. The largest absolute Gasteiger partial charge is 0.417 e. The fraction of sp³-hybridized carbons (Fsp3) is 0.0952. The normalized spacial score (nSPS) is 18.6. The van der Waals surface area contributed by atoms with Crippen LogP contribution in [-0.2, 0) is 5.60 Å². The molecule has 0 aliphatic heterocycles. The molecule has 0 bridgehead atoms. The Morgan fingerprint density at radius 3 is 2.46 bits per heavy atom. The topological polar surface area (TPSA) is 76.2 Å². The molecule has 5 heteroatoms. The Morgan fingerprint density at radius 2 is 1.69 bits per heavy atom. The zero-order valence-electron chi connectivity index (χ0n) is 13.9. The van der Waals surface area contributed by atoms with Gasteiger partial charge in [-0.25, -0.2) is 0 Å². The Hall–Kier alpha value is -3.31. The second-order valence-electron chi connectivity index (χ2n) is 6.53. The number of carbonyl (C=O) groups is 1. The van der Waals surface area contributed by atoms with Crippen molar-refractivity contribution in [3.05, 3.63) is 83.2 Å². The lowest BCUT2D eigenvalue weighted by Gasteiger charge is -2.17. The quantitative estimate of drug-likeness (QED) is 0.602. The molecule has 1 aliphatic carbocycles. The van der Waals surface area contributed by atoms with Crippen LogP contribution < -0.4 is 0 Å². The third-order valence-electron chi connectivity index (χ3n) is 4.90. The zero-order chi connectivity index (χ0) is 17.9. The van der Waals surface area contributed by atoms with Crippen LogP contribution in [-0.4, -0.2) is 21.1 Å². The smallest absolute Gasteiger partial charge is 0.261 e. The van der Waals surface area contributed by atoms with Gasteiger partial charge in [0.05, 0.1) is 0 Å². The number of hydrogen-bond donors (Lipinski definition) is 1. The van der Waals surface area contributed by atoms with Gasteiger partial charge in [-0.15, -0.1) is 10.2 Å². The van der Waals surface area contributed by atoms with Crippen LogP contribution in [0.5, 0.6) is 0 Å². The van der Waals surface area contributed by atoms with E-state index in [1.807, 2.05) is 49.4 Å². The highest BCUT2D eigenvalue weighted by atomic mass is 16.4. The molecule has 0 amide bonds. The second-order valence-corrected chi connectivity index (χ2v) is 6.53. The van der Waals surface area contributed by atoms with Gasteiger partial charge in [0.2, 0.25) is 17.3 Å². The van der Waals surface area contributed by atoms with Crippen molar-refractivity contribution in [3.8, 4) is 11.5 Å². The summed E-state index contributed by atoms with van der Waals surface area (Å²) in [6.07, 6.45) is 0. The van der Waals surface area contributed by atoms with Crippen LogP contribution in [0.4, 0.5) is 0 Å². The third kappa shape index (κ3) is 1.86. The van der Waals surface area contributed by atoms with E-state index in [9.17, 15) is 9.90 Å². The minimum atomic E-state index is -1.96. The van der Waals surface area contributed by atoms with E-state index in [4.69, 9.17) is 4.42 Å². The third-order valence-corrected chi connectivity index (χ3v) is 4.90. The van der Waals surface area contributed by atoms with Crippen LogP contribution in [0.25, 0.3) is 22.2 Å². The average Bonchev–Trinajstić information content (AvgIpc) is 3.24. The molecule has 3 aromatic carbocycles. The number of Topliss-reactive ketones (excluding diaryl/α,β-unsaturated/α-hetero) is 1. The summed E-state index contributed by atoms with van der Waals surface area (Å²) in [6.45, 7) is 1.99. The summed E-state index contributed by atoms with van der Waals surface area (Å²) in [7, 11) is 0. The highest BCUT2D eigenvalue weighted by molar-refractivity contribution is 6.20. The molecular formula is C21H14N2O3. The van der Waals surface area contributed by atoms with Gasteiger partial charge in [0.1, 0.15) is 0 Å². The summed E-state index contributed by atoms with van der Waals surface area (Å²) in [5.41, 5.74) is 0.837. The summed E-state index contributed by atoms with van der Waals surface area (Å²) in [6, 6.07) is 18.5. The monoisotopic (exact) mass is 342 g/mol. The molecule has 0 saturated heterocycles. The Balaban J connectivity index is 1.69. The maximum Gasteiger partial charge on any atom is 0.261 e. The molecule has 4 aromatic rings. The standard InChI is InChI=1S/C21H14N2O3/c1-12-8-10-14(11-9-12)19-22-23-20(26-19)21(25)16-7-3-5-13-4-2-6-15(17(13)16)18(21)24/h2-11,25H,1H3. The molecular weight excluding hydrogens is 328 g/mol. The van der Waals surface area contributed by atoms with Crippen LogP contribution in [0.2, 0.25) is 0 Å². The van der Waals surface area contributed by atoms with Crippen LogP contribution in [0.15, 0.2) is 65.1 Å². The van der Waals surface area contributed by atoms with E-state index in [0.29, 0.717) is 11.1 Å². The number of carbonyl (C=O) groups excluding carboxylic acids is 1. The lowest BCUT2D eigenvalue weighted by Crippen LogP contribution is -2.33. The van der Waals surface area contributed by atoms with Crippen molar-refractivity contribution in [1.82, 2.24) is 10.2 Å². The fourth-order valence-corrected chi connectivity index (χ4v) is 3.54. The molecule has 26 heavy (non-hydrogen) atoms. The van der Waals surface area contributed by atoms with E-state index in [-0.39, 0.29) is 11.8 Å². The van der Waals surface area contributed by atoms with Gasteiger partial charge in [-0.1, -0.05) is 54.1 Å². The van der Waals surface area contributed by atoms with E-state index in [1.165, 1.54) is 0 Å². The molecule has 1 heterocycles.